The van der Waals surface area contributed by atoms with Crippen LogP contribution in [-0.4, -0.2) is 46.8 Å². The van der Waals surface area contributed by atoms with E-state index in [9.17, 15) is 0 Å². The van der Waals surface area contributed by atoms with Crippen molar-refractivity contribution < 1.29 is 13.7 Å². The average molecular weight is 334 g/mol. The van der Waals surface area contributed by atoms with Crippen LogP contribution in [0.3, 0.4) is 0 Å². The molecule has 1 aliphatic heterocycles. The Labute approximate surface area is 142 Å². The molecule has 132 valence electrons. The molecule has 0 aromatic carbocycles. The molecular formula is C17H26N4O3. The molecule has 1 fully saturated rings. The highest BCUT2D eigenvalue weighted by molar-refractivity contribution is 5.02. The minimum Gasteiger partial charge on any atom is -0.448 e. The number of hydrogen-bond acceptors (Lipinski definition) is 7. The van der Waals surface area contributed by atoms with Gasteiger partial charge in [-0.25, -0.2) is 4.98 Å². The number of hydrogen-bond donors (Lipinski definition) is 0. The first-order valence-electron chi connectivity index (χ1n) is 8.63. The van der Waals surface area contributed by atoms with Crippen LogP contribution in [-0.2, 0) is 17.7 Å². The summed E-state index contributed by atoms with van der Waals surface area (Å²) in [5.74, 6) is 2.88. The van der Waals surface area contributed by atoms with Gasteiger partial charge in [-0.15, -0.1) is 0 Å². The van der Waals surface area contributed by atoms with Crippen LogP contribution in [0.15, 0.2) is 15.2 Å². The number of piperidine rings is 1. The number of aromatic nitrogens is 3. The Bertz CT molecular complexity index is 637. The molecule has 0 N–H and O–H groups in total. The highest BCUT2D eigenvalue weighted by Crippen LogP contribution is 2.27. The van der Waals surface area contributed by atoms with Crippen LogP contribution in [0.25, 0.3) is 0 Å². The fourth-order valence-electron chi connectivity index (χ4n) is 3.02. The maximum absolute atomic E-state index is 5.53. The minimum absolute atomic E-state index is 0.291. The van der Waals surface area contributed by atoms with E-state index in [1.807, 2.05) is 0 Å². The van der Waals surface area contributed by atoms with E-state index in [1.54, 1.807) is 13.4 Å². The van der Waals surface area contributed by atoms with E-state index < -0.39 is 0 Å². The lowest BCUT2D eigenvalue weighted by molar-refractivity contribution is 0.178. The van der Waals surface area contributed by atoms with Crippen molar-refractivity contribution in [1.29, 1.82) is 0 Å². The van der Waals surface area contributed by atoms with Crippen molar-refractivity contribution in [2.75, 3.05) is 26.8 Å². The van der Waals surface area contributed by atoms with Crippen molar-refractivity contribution >= 4 is 0 Å². The smallest absolute Gasteiger partial charge is 0.231 e. The number of ether oxygens (including phenoxy) is 1. The number of rotatable bonds is 7. The molecular weight excluding hydrogens is 308 g/mol. The molecule has 2 aromatic heterocycles. The summed E-state index contributed by atoms with van der Waals surface area (Å²) in [7, 11) is 1.68. The van der Waals surface area contributed by atoms with Crippen LogP contribution in [0, 0.1) is 0 Å². The Kier molecular flexibility index (Phi) is 5.63. The molecule has 3 heterocycles. The van der Waals surface area contributed by atoms with Crippen molar-refractivity contribution in [3.05, 3.63) is 29.6 Å². The number of nitrogens with zero attached hydrogens (tertiary/aromatic N) is 4. The molecule has 0 saturated carbocycles. The standard InChI is InChI=1S/C17H26N4O3/c1-12(2)16-18-14(11-23-16)10-21-7-4-5-13(9-21)17-19-15(20-24-17)6-8-22-3/h11-13H,4-10H2,1-3H3/t13-/m1/s1. The summed E-state index contributed by atoms with van der Waals surface area (Å²) in [6, 6.07) is 0. The molecule has 7 heteroatoms. The van der Waals surface area contributed by atoms with Gasteiger partial charge in [0.1, 0.15) is 6.26 Å². The van der Waals surface area contributed by atoms with Gasteiger partial charge in [-0.3, -0.25) is 4.90 Å². The molecule has 0 bridgehead atoms. The summed E-state index contributed by atoms with van der Waals surface area (Å²) in [5.41, 5.74) is 0.991. The second-order valence-corrected chi connectivity index (χ2v) is 6.70. The van der Waals surface area contributed by atoms with Crippen molar-refractivity contribution in [3.63, 3.8) is 0 Å². The van der Waals surface area contributed by atoms with Crippen LogP contribution in [0.4, 0.5) is 0 Å². The Morgan fingerprint density at radius 3 is 3.00 bits per heavy atom. The molecule has 0 unspecified atom stereocenters. The second-order valence-electron chi connectivity index (χ2n) is 6.70. The minimum atomic E-state index is 0.291. The Hall–Kier alpha value is -1.73. The van der Waals surface area contributed by atoms with Crippen LogP contribution >= 0.6 is 0 Å². The monoisotopic (exact) mass is 334 g/mol. The average Bonchev–Trinajstić information content (AvgIpc) is 3.22. The Morgan fingerprint density at radius 2 is 2.25 bits per heavy atom. The van der Waals surface area contributed by atoms with E-state index in [0.29, 0.717) is 24.9 Å². The topological polar surface area (TPSA) is 77.4 Å². The van der Waals surface area contributed by atoms with Crippen LogP contribution < -0.4 is 0 Å². The van der Waals surface area contributed by atoms with Gasteiger partial charge in [0.05, 0.1) is 18.2 Å². The highest BCUT2D eigenvalue weighted by Gasteiger charge is 2.26. The lowest BCUT2D eigenvalue weighted by atomic mass is 9.98. The summed E-state index contributed by atoms with van der Waals surface area (Å²) in [6.45, 7) is 7.56. The molecule has 1 atom stereocenters. The van der Waals surface area contributed by atoms with E-state index in [4.69, 9.17) is 13.7 Å². The van der Waals surface area contributed by atoms with Crippen LogP contribution in [0.1, 0.15) is 61.8 Å². The Morgan fingerprint density at radius 1 is 1.38 bits per heavy atom. The molecule has 0 radical (unpaired) electrons. The number of likely N-dealkylation sites (tertiary alicyclic amines) is 1. The maximum atomic E-state index is 5.53. The quantitative estimate of drug-likeness (QED) is 0.770. The summed E-state index contributed by atoms with van der Waals surface area (Å²) in [5, 5.41) is 4.05. The fraction of sp³-hybridized carbons (Fsp3) is 0.706. The van der Waals surface area contributed by atoms with Gasteiger partial charge in [-0.2, -0.15) is 4.98 Å². The molecule has 0 spiro atoms. The molecule has 0 aliphatic carbocycles. The predicted octanol–water partition coefficient (Wildman–Crippen LogP) is 2.75. The van der Waals surface area contributed by atoms with Gasteiger partial charge in [0.15, 0.2) is 11.7 Å². The summed E-state index contributed by atoms with van der Waals surface area (Å²) >= 11 is 0. The van der Waals surface area contributed by atoms with Gasteiger partial charge < -0.3 is 13.7 Å². The summed E-state index contributed by atoms with van der Waals surface area (Å²) in [6.07, 6.45) is 4.66. The lowest BCUT2D eigenvalue weighted by Gasteiger charge is -2.30. The first kappa shape index (κ1) is 17.1. The van der Waals surface area contributed by atoms with Crippen LogP contribution in [0.5, 0.6) is 0 Å². The maximum Gasteiger partial charge on any atom is 0.231 e. The number of methoxy groups -OCH3 is 1. The van der Waals surface area contributed by atoms with E-state index >= 15 is 0 Å². The first-order valence-corrected chi connectivity index (χ1v) is 8.63. The zero-order valence-electron chi connectivity index (χ0n) is 14.7. The normalized spacial score (nSPS) is 19.2. The fourth-order valence-corrected chi connectivity index (χ4v) is 3.02. The SMILES string of the molecule is COCCc1noc([C@@H]2CCCN(Cc3coc(C(C)C)n3)C2)n1. The second kappa shape index (κ2) is 7.90. The van der Waals surface area contributed by atoms with Crippen molar-refractivity contribution in [3.8, 4) is 0 Å². The highest BCUT2D eigenvalue weighted by atomic mass is 16.5. The van der Waals surface area contributed by atoms with Gasteiger partial charge in [-0.05, 0) is 19.4 Å². The van der Waals surface area contributed by atoms with Gasteiger partial charge in [0.25, 0.3) is 0 Å². The molecule has 3 rings (SSSR count). The van der Waals surface area contributed by atoms with Gasteiger partial charge in [-0.1, -0.05) is 19.0 Å². The van der Waals surface area contributed by atoms with Crippen molar-refractivity contribution in [1.82, 2.24) is 20.0 Å². The van der Waals surface area contributed by atoms with E-state index in [-0.39, 0.29) is 0 Å². The molecule has 1 saturated heterocycles. The third-order valence-corrected chi connectivity index (χ3v) is 4.32. The number of oxazole rings is 1. The van der Waals surface area contributed by atoms with Gasteiger partial charge in [0, 0.05) is 32.5 Å². The third-order valence-electron chi connectivity index (χ3n) is 4.32. The largest absolute Gasteiger partial charge is 0.448 e. The Balaban J connectivity index is 1.58. The molecule has 0 amide bonds. The zero-order valence-corrected chi connectivity index (χ0v) is 14.7. The van der Waals surface area contributed by atoms with Gasteiger partial charge >= 0.3 is 0 Å². The first-order chi connectivity index (χ1) is 11.7. The van der Waals surface area contributed by atoms with Gasteiger partial charge in [0.2, 0.25) is 5.89 Å². The van der Waals surface area contributed by atoms with E-state index in [0.717, 1.165) is 55.8 Å². The third kappa shape index (κ3) is 4.21. The van der Waals surface area contributed by atoms with Crippen molar-refractivity contribution in [2.24, 2.45) is 0 Å². The predicted molar refractivity (Wildman–Crippen MR) is 87.7 cm³/mol. The molecule has 1 aliphatic rings. The van der Waals surface area contributed by atoms with E-state index in [1.165, 1.54) is 0 Å². The summed E-state index contributed by atoms with van der Waals surface area (Å²) < 4.78 is 16.0. The zero-order chi connectivity index (χ0) is 16.9. The molecule has 2 aromatic rings. The lowest BCUT2D eigenvalue weighted by Crippen LogP contribution is -2.34. The van der Waals surface area contributed by atoms with Crippen molar-refractivity contribution in [2.45, 2.75) is 51.5 Å². The van der Waals surface area contributed by atoms with E-state index in [2.05, 4.69) is 33.9 Å². The summed E-state index contributed by atoms with van der Waals surface area (Å²) in [4.78, 5) is 11.5. The molecule has 7 nitrogen and oxygen atoms in total. The van der Waals surface area contributed by atoms with Crippen LogP contribution in [0.2, 0.25) is 0 Å². The molecule has 24 heavy (non-hydrogen) atoms.